The van der Waals surface area contributed by atoms with Gasteiger partial charge in [0.1, 0.15) is 0 Å². The monoisotopic (exact) mass is 266 g/mol. The van der Waals surface area contributed by atoms with E-state index in [4.69, 9.17) is 4.74 Å². The number of carbonyl (C=O) groups is 1. The molecule has 1 aromatic rings. The van der Waals surface area contributed by atoms with Gasteiger partial charge in [-0.05, 0) is 6.07 Å². The fourth-order valence-electron chi connectivity index (χ4n) is 2.14. The SMILES string of the molecule is O=C(CCn1ccccc1=O)N1CCOCC1CO. The van der Waals surface area contributed by atoms with E-state index >= 15 is 0 Å². The Bertz CT molecular complexity index is 486. The summed E-state index contributed by atoms with van der Waals surface area (Å²) in [4.78, 5) is 25.2. The molecule has 1 aromatic heterocycles. The first-order valence-corrected chi connectivity index (χ1v) is 6.36. The molecule has 6 nitrogen and oxygen atoms in total. The molecule has 1 aliphatic heterocycles. The number of aliphatic hydroxyl groups is 1. The van der Waals surface area contributed by atoms with Crippen LogP contribution in [0.1, 0.15) is 6.42 Å². The molecule has 0 aromatic carbocycles. The second-order valence-corrected chi connectivity index (χ2v) is 4.48. The lowest BCUT2D eigenvalue weighted by atomic mass is 10.2. The van der Waals surface area contributed by atoms with Gasteiger partial charge in [-0.25, -0.2) is 0 Å². The largest absolute Gasteiger partial charge is 0.394 e. The molecule has 1 saturated heterocycles. The van der Waals surface area contributed by atoms with Crippen molar-refractivity contribution in [3.05, 3.63) is 34.7 Å². The van der Waals surface area contributed by atoms with Crippen molar-refractivity contribution in [2.75, 3.05) is 26.4 Å². The molecule has 2 rings (SSSR count). The Balaban J connectivity index is 1.94. The molecule has 1 amide bonds. The Morgan fingerprint density at radius 2 is 2.32 bits per heavy atom. The number of pyridine rings is 1. The van der Waals surface area contributed by atoms with Gasteiger partial charge in [-0.3, -0.25) is 9.59 Å². The molecule has 104 valence electrons. The molecule has 1 unspecified atom stereocenters. The number of aliphatic hydroxyl groups excluding tert-OH is 1. The lowest BCUT2D eigenvalue weighted by molar-refractivity contribution is -0.141. The molecule has 2 heterocycles. The van der Waals surface area contributed by atoms with Gasteiger partial charge in [-0.1, -0.05) is 6.07 Å². The van der Waals surface area contributed by atoms with Crippen LogP contribution in [0.5, 0.6) is 0 Å². The van der Waals surface area contributed by atoms with Gasteiger partial charge in [0.15, 0.2) is 0 Å². The Kier molecular flexibility index (Phi) is 4.70. The van der Waals surface area contributed by atoms with Gasteiger partial charge in [0, 0.05) is 31.8 Å². The maximum Gasteiger partial charge on any atom is 0.250 e. The molecule has 0 aliphatic carbocycles. The van der Waals surface area contributed by atoms with Crippen LogP contribution >= 0.6 is 0 Å². The number of hydrogen-bond donors (Lipinski definition) is 1. The highest BCUT2D eigenvalue weighted by molar-refractivity contribution is 5.76. The summed E-state index contributed by atoms with van der Waals surface area (Å²) in [5.41, 5.74) is -0.115. The minimum Gasteiger partial charge on any atom is -0.394 e. The molecule has 0 saturated carbocycles. The molecule has 1 fully saturated rings. The molecule has 1 atom stereocenters. The van der Waals surface area contributed by atoms with Crippen molar-refractivity contribution in [3.8, 4) is 0 Å². The summed E-state index contributed by atoms with van der Waals surface area (Å²) >= 11 is 0. The number of aryl methyl sites for hydroxylation is 1. The predicted molar refractivity (Wildman–Crippen MR) is 68.7 cm³/mol. The highest BCUT2D eigenvalue weighted by Crippen LogP contribution is 2.08. The maximum absolute atomic E-state index is 12.1. The molecular weight excluding hydrogens is 248 g/mol. The van der Waals surface area contributed by atoms with Gasteiger partial charge in [-0.2, -0.15) is 0 Å². The summed E-state index contributed by atoms with van der Waals surface area (Å²) in [6.45, 7) is 1.61. The Morgan fingerprint density at radius 3 is 3.05 bits per heavy atom. The van der Waals surface area contributed by atoms with Gasteiger partial charge >= 0.3 is 0 Å². The van der Waals surface area contributed by atoms with Crippen LogP contribution in [-0.4, -0.2) is 52.9 Å². The van der Waals surface area contributed by atoms with Crippen molar-refractivity contribution >= 4 is 5.91 Å². The number of carbonyl (C=O) groups excluding carboxylic acids is 1. The van der Waals surface area contributed by atoms with E-state index in [-0.39, 0.29) is 30.5 Å². The summed E-state index contributed by atoms with van der Waals surface area (Å²) in [6.07, 6.45) is 1.92. The Morgan fingerprint density at radius 1 is 1.47 bits per heavy atom. The van der Waals surface area contributed by atoms with Crippen molar-refractivity contribution in [2.45, 2.75) is 19.0 Å². The fraction of sp³-hybridized carbons (Fsp3) is 0.538. The number of amides is 1. The third-order valence-electron chi connectivity index (χ3n) is 3.22. The highest BCUT2D eigenvalue weighted by Gasteiger charge is 2.26. The van der Waals surface area contributed by atoms with Crippen molar-refractivity contribution in [1.82, 2.24) is 9.47 Å². The van der Waals surface area contributed by atoms with E-state index in [2.05, 4.69) is 0 Å². The quantitative estimate of drug-likeness (QED) is 0.794. The Hall–Kier alpha value is -1.66. The average molecular weight is 266 g/mol. The van der Waals surface area contributed by atoms with E-state index in [0.717, 1.165) is 0 Å². The van der Waals surface area contributed by atoms with Crippen molar-refractivity contribution in [3.63, 3.8) is 0 Å². The zero-order chi connectivity index (χ0) is 13.7. The number of rotatable bonds is 4. The standard InChI is InChI=1S/C13H18N2O4/c16-9-11-10-19-8-7-15(11)13(18)4-6-14-5-2-1-3-12(14)17/h1-3,5,11,16H,4,6-10H2. The second kappa shape index (κ2) is 6.49. The van der Waals surface area contributed by atoms with E-state index in [1.807, 2.05) is 0 Å². The fourth-order valence-corrected chi connectivity index (χ4v) is 2.14. The summed E-state index contributed by atoms with van der Waals surface area (Å²) in [7, 11) is 0. The van der Waals surface area contributed by atoms with Crippen LogP contribution in [0.2, 0.25) is 0 Å². The van der Waals surface area contributed by atoms with E-state index in [1.165, 1.54) is 10.6 Å². The normalized spacial score (nSPS) is 19.4. The van der Waals surface area contributed by atoms with E-state index < -0.39 is 0 Å². The summed E-state index contributed by atoms with van der Waals surface area (Å²) < 4.78 is 6.73. The minimum atomic E-state index is -0.270. The smallest absolute Gasteiger partial charge is 0.250 e. The number of aromatic nitrogens is 1. The van der Waals surface area contributed by atoms with E-state index in [0.29, 0.717) is 26.3 Å². The van der Waals surface area contributed by atoms with Gasteiger partial charge < -0.3 is 19.3 Å². The number of morpholine rings is 1. The first-order valence-electron chi connectivity index (χ1n) is 6.36. The molecule has 19 heavy (non-hydrogen) atoms. The van der Waals surface area contributed by atoms with E-state index in [9.17, 15) is 14.7 Å². The number of nitrogens with zero attached hydrogens (tertiary/aromatic N) is 2. The molecule has 0 bridgehead atoms. The third-order valence-corrected chi connectivity index (χ3v) is 3.22. The van der Waals surface area contributed by atoms with Gasteiger partial charge in [0.05, 0.1) is 25.9 Å². The molecule has 0 radical (unpaired) electrons. The molecule has 1 N–H and O–H groups in total. The zero-order valence-electron chi connectivity index (χ0n) is 10.7. The van der Waals surface area contributed by atoms with Gasteiger partial charge in [0.2, 0.25) is 5.91 Å². The number of hydrogen-bond acceptors (Lipinski definition) is 4. The third kappa shape index (κ3) is 3.42. The van der Waals surface area contributed by atoms with Gasteiger partial charge in [-0.15, -0.1) is 0 Å². The molecule has 6 heteroatoms. The van der Waals surface area contributed by atoms with E-state index in [1.54, 1.807) is 23.2 Å². The summed E-state index contributed by atoms with van der Waals surface area (Å²) in [6, 6.07) is 4.63. The molecular formula is C13H18N2O4. The van der Waals surface area contributed by atoms with Crippen LogP contribution in [-0.2, 0) is 16.1 Å². The van der Waals surface area contributed by atoms with Crippen LogP contribution in [0.4, 0.5) is 0 Å². The zero-order valence-corrected chi connectivity index (χ0v) is 10.7. The first kappa shape index (κ1) is 13.8. The summed E-state index contributed by atoms with van der Waals surface area (Å²) in [5.74, 6) is -0.0573. The lowest BCUT2D eigenvalue weighted by Gasteiger charge is -2.34. The average Bonchev–Trinajstić information content (AvgIpc) is 2.46. The number of ether oxygens (including phenoxy) is 1. The van der Waals surface area contributed by atoms with Crippen molar-refractivity contribution in [1.29, 1.82) is 0 Å². The van der Waals surface area contributed by atoms with Crippen LogP contribution in [0, 0.1) is 0 Å². The molecule has 1 aliphatic rings. The van der Waals surface area contributed by atoms with Gasteiger partial charge in [0.25, 0.3) is 5.56 Å². The Labute approximate surface area is 111 Å². The van der Waals surface area contributed by atoms with Crippen LogP contribution in [0.15, 0.2) is 29.2 Å². The van der Waals surface area contributed by atoms with Crippen LogP contribution < -0.4 is 5.56 Å². The second-order valence-electron chi connectivity index (χ2n) is 4.48. The maximum atomic E-state index is 12.1. The lowest BCUT2D eigenvalue weighted by Crippen LogP contribution is -2.50. The highest BCUT2D eigenvalue weighted by atomic mass is 16.5. The molecule has 0 spiro atoms. The first-order chi connectivity index (χ1) is 9.22. The van der Waals surface area contributed by atoms with Crippen molar-refractivity contribution < 1.29 is 14.6 Å². The van der Waals surface area contributed by atoms with Crippen LogP contribution in [0.25, 0.3) is 0 Å². The minimum absolute atomic E-state index is 0.0573. The summed E-state index contributed by atoms with van der Waals surface area (Å²) in [5, 5.41) is 9.21. The predicted octanol–water partition coefficient (Wildman–Crippen LogP) is -0.542. The van der Waals surface area contributed by atoms with Crippen molar-refractivity contribution in [2.24, 2.45) is 0 Å². The topological polar surface area (TPSA) is 71.8 Å². The van der Waals surface area contributed by atoms with Crippen LogP contribution in [0.3, 0.4) is 0 Å².